The van der Waals surface area contributed by atoms with Gasteiger partial charge in [0.15, 0.2) is 5.82 Å². The summed E-state index contributed by atoms with van der Waals surface area (Å²) in [6.45, 7) is 1.05. The number of carbonyl (C=O) groups excluding carboxylic acids is 2. The monoisotopic (exact) mass is 384 g/mol. The number of urea groups is 1. The highest BCUT2D eigenvalue weighted by molar-refractivity contribution is 6.07. The molecule has 2 aromatic carbocycles. The zero-order valence-electron chi connectivity index (χ0n) is 14.6. The van der Waals surface area contributed by atoms with Gasteiger partial charge in [0.2, 0.25) is 0 Å². The molecule has 0 spiro atoms. The van der Waals surface area contributed by atoms with Gasteiger partial charge < -0.3 is 9.84 Å². The smallest absolute Gasteiger partial charge is 0.325 e. The van der Waals surface area contributed by atoms with Crippen LogP contribution < -0.4 is 5.32 Å². The quantitative estimate of drug-likeness (QED) is 0.699. The molecule has 142 valence electrons. The molecule has 2 heterocycles. The van der Waals surface area contributed by atoms with Gasteiger partial charge in [-0.3, -0.25) is 9.69 Å². The molecular weight excluding hydrogens is 370 g/mol. The minimum Gasteiger partial charge on any atom is -0.334 e. The van der Waals surface area contributed by atoms with Crippen molar-refractivity contribution in [2.24, 2.45) is 0 Å². The number of rotatable bonds is 4. The number of benzene rings is 2. The maximum atomic E-state index is 14.2. The molecule has 0 radical (unpaired) electrons. The maximum Gasteiger partial charge on any atom is 0.325 e. The zero-order chi connectivity index (χ0) is 19.9. The Morgan fingerprint density at radius 2 is 1.89 bits per heavy atom. The number of nitrogens with one attached hydrogen (secondary N) is 1. The average Bonchev–Trinajstić information content (AvgIpc) is 3.24. The summed E-state index contributed by atoms with van der Waals surface area (Å²) in [5, 5.41) is 6.20. The SMILES string of the molecule is CC1(c2cc(F)ccc2F)NC(=O)N(Cc2noc(-c3ccccc3)n2)C1=O. The van der Waals surface area contributed by atoms with Crippen molar-refractivity contribution in [2.75, 3.05) is 0 Å². The molecule has 1 N–H and O–H groups in total. The molecule has 0 saturated carbocycles. The van der Waals surface area contributed by atoms with Crippen LogP contribution in [0.3, 0.4) is 0 Å². The fraction of sp³-hybridized carbons (Fsp3) is 0.158. The van der Waals surface area contributed by atoms with Gasteiger partial charge in [0, 0.05) is 11.1 Å². The molecule has 0 bridgehead atoms. The van der Waals surface area contributed by atoms with Crippen LogP contribution in [0.25, 0.3) is 11.5 Å². The lowest BCUT2D eigenvalue weighted by Gasteiger charge is -2.22. The molecule has 3 amide bonds. The van der Waals surface area contributed by atoms with Gasteiger partial charge in [0.25, 0.3) is 11.8 Å². The number of aromatic nitrogens is 2. The number of amides is 3. The van der Waals surface area contributed by atoms with Gasteiger partial charge in [-0.15, -0.1) is 0 Å². The van der Waals surface area contributed by atoms with Crippen molar-refractivity contribution in [2.45, 2.75) is 19.0 Å². The Kier molecular flexibility index (Phi) is 4.14. The predicted octanol–water partition coefficient (Wildman–Crippen LogP) is 2.98. The van der Waals surface area contributed by atoms with Gasteiger partial charge in [0.05, 0.1) is 6.54 Å². The van der Waals surface area contributed by atoms with Crippen LogP contribution in [0.1, 0.15) is 18.3 Å². The predicted molar refractivity (Wildman–Crippen MR) is 92.5 cm³/mol. The summed E-state index contributed by atoms with van der Waals surface area (Å²) in [6.07, 6.45) is 0. The van der Waals surface area contributed by atoms with E-state index in [9.17, 15) is 18.4 Å². The minimum atomic E-state index is -1.74. The van der Waals surface area contributed by atoms with Crippen LogP contribution in [0.2, 0.25) is 0 Å². The lowest BCUT2D eigenvalue weighted by Crippen LogP contribution is -2.41. The van der Waals surface area contributed by atoms with E-state index in [-0.39, 0.29) is 23.8 Å². The second-order valence-corrected chi connectivity index (χ2v) is 6.45. The summed E-state index contributed by atoms with van der Waals surface area (Å²) in [7, 11) is 0. The topological polar surface area (TPSA) is 88.3 Å². The number of hydrogen-bond donors (Lipinski definition) is 1. The molecule has 1 aliphatic heterocycles. The minimum absolute atomic E-state index is 0.103. The van der Waals surface area contributed by atoms with E-state index in [0.29, 0.717) is 5.56 Å². The summed E-state index contributed by atoms with van der Waals surface area (Å²) in [5.41, 5.74) is -1.31. The van der Waals surface area contributed by atoms with Crippen LogP contribution >= 0.6 is 0 Å². The largest absolute Gasteiger partial charge is 0.334 e. The highest BCUT2D eigenvalue weighted by Gasteiger charge is 2.50. The van der Waals surface area contributed by atoms with E-state index < -0.39 is 29.1 Å². The first kappa shape index (κ1) is 17.8. The van der Waals surface area contributed by atoms with Gasteiger partial charge >= 0.3 is 6.03 Å². The van der Waals surface area contributed by atoms with Crippen LogP contribution in [0.5, 0.6) is 0 Å². The number of nitrogens with zero attached hydrogens (tertiary/aromatic N) is 3. The maximum absolute atomic E-state index is 14.2. The molecule has 7 nitrogen and oxygen atoms in total. The number of halogens is 2. The van der Waals surface area contributed by atoms with Gasteiger partial charge in [-0.2, -0.15) is 4.98 Å². The Hall–Kier alpha value is -3.62. The van der Waals surface area contributed by atoms with E-state index in [2.05, 4.69) is 15.5 Å². The number of carbonyl (C=O) groups is 2. The molecular formula is C19H14F2N4O3. The first-order chi connectivity index (χ1) is 13.4. The molecule has 1 aromatic heterocycles. The first-order valence-corrected chi connectivity index (χ1v) is 8.36. The Morgan fingerprint density at radius 3 is 2.64 bits per heavy atom. The lowest BCUT2D eigenvalue weighted by atomic mass is 9.91. The van der Waals surface area contributed by atoms with Gasteiger partial charge in [-0.05, 0) is 37.3 Å². The van der Waals surface area contributed by atoms with E-state index in [1.54, 1.807) is 24.3 Å². The molecule has 0 aliphatic carbocycles. The van der Waals surface area contributed by atoms with E-state index in [4.69, 9.17) is 4.52 Å². The average molecular weight is 384 g/mol. The summed E-state index contributed by atoms with van der Waals surface area (Å²) in [4.78, 5) is 30.2. The fourth-order valence-electron chi connectivity index (χ4n) is 3.06. The Labute approximate surface area is 158 Å². The summed E-state index contributed by atoms with van der Waals surface area (Å²) in [5.74, 6) is -1.92. The third kappa shape index (κ3) is 2.90. The molecule has 1 unspecified atom stereocenters. The van der Waals surface area contributed by atoms with E-state index in [1.807, 2.05) is 6.07 Å². The first-order valence-electron chi connectivity index (χ1n) is 8.36. The van der Waals surface area contributed by atoms with Crippen molar-refractivity contribution in [1.29, 1.82) is 0 Å². The van der Waals surface area contributed by atoms with Crippen LogP contribution in [0, 0.1) is 11.6 Å². The van der Waals surface area contributed by atoms with Crippen LogP contribution in [-0.2, 0) is 16.9 Å². The van der Waals surface area contributed by atoms with Gasteiger partial charge in [-0.25, -0.2) is 13.6 Å². The van der Waals surface area contributed by atoms with Crippen LogP contribution in [0.4, 0.5) is 13.6 Å². The van der Waals surface area contributed by atoms with Crippen LogP contribution in [-0.4, -0.2) is 27.0 Å². The number of imide groups is 1. The van der Waals surface area contributed by atoms with Gasteiger partial charge in [0.1, 0.15) is 17.2 Å². The van der Waals surface area contributed by atoms with Crippen molar-refractivity contribution in [3.63, 3.8) is 0 Å². The standard InChI is InChI=1S/C19H14F2N4O3/c1-19(13-9-12(20)7-8-14(13)21)17(26)25(18(27)23-19)10-15-22-16(28-24-15)11-5-3-2-4-6-11/h2-9H,10H2,1H3,(H,23,27). The van der Waals surface area contributed by atoms with Crippen molar-refractivity contribution < 1.29 is 22.9 Å². The fourth-order valence-corrected chi connectivity index (χ4v) is 3.06. The van der Waals surface area contributed by atoms with Crippen molar-refractivity contribution in [3.8, 4) is 11.5 Å². The van der Waals surface area contributed by atoms with E-state index in [0.717, 1.165) is 23.1 Å². The highest BCUT2D eigenvalue weighted by Crippen LogP contribution is 2.32. The van der Waals surface area contributed by atoms with E-state index in [1.165, 1.54) is 6.92 Å². The molecule has 1 fully saturated rings. The lowest BCUT2D eigenvalue weighted by molar-refractivity contribution is -0.131. The van der Waals surface area contributed by atoms with Crippen molar-refractivity contribution in [1.82, 2.24) is 20.4 Å². The second kappa shape index (κ2) is 6.52. The van der Waals surface area contributed by atoms with Gasteiger partial charge in [-0.1, -0.05) is 23.4 Å². The number of hydrogen-bond acceptors (Lipinski definition) is 5. The Morgan fingerprint density at radius 1 is 1.14 bits per heavy atom. The Bertz CT molecular complexity index is 1070. The summed E-state index contributed by atoms with van der Waals surface area (Å²) >= 11 is 0. The summed E-state index contributed by atoms with van der Waals surface area (Å²) < 4.78 is 32.9. The highest BCUT2D eigenvalue weighted by atomic mass is 19.1. The second-order valence-electron chi connectivity index (χ2n) is 6.45. The van der Waals surface area contributed by atoms with E-state index >= 15 is 0 Å². The Balaban J connectivity index is 1.60. The zero-order valence-corrected chi connectivity index (χ0v) is 14.6. The molecule has 4 rings (SSSR count). The summed E-state index contributed by atoms with van der Waals surface area (Å²) in [6, 6.07) is 10.9. The normalized spacial score (nSPS) is 19.2. The molecule has 1 atom stereocenters. The van der Waals surface area contributed by atoms with Crippen molar-refractivity contribution in [3.05, 3.63) is 71.6 Å². The van der Waals surface area contributed by atoms with Crippen LogP contribution in [0.15, 0.2) is 53.1 Å². The molecule has 3 aromatic rings. The molecule has 1 saturated heterocycles. The third-order valence-corrected chi connectivity index (χ3v) is 4.53. The molecule has 28 heavy (non-hydrogen) atoms. The molecule has 9 heteroatoms. The molecule has 1 aliphatic rings. The third-order valence-electron chi connectivity index (χ3n) is 4.53. The van der Waals surface area contributed by atoms with Crippen molar-refractivity contribution >= 4 is 11.9 Å².